The van der Waals surface area contributed by atoms with Gasteiger partial charge in [0.2, 0.25) is 5.82 Å². The van der Waals surface area contributed by atoms with Crippen molar-refractivity contribution in [3.63, 3.8) is 0 Å². The van der Waals surface area contributed by atoms with Crippen LogP contribution in [-0.2, 0) is 0 Å². The Hall–Kier alpha value is -1.27. The topological polar surface area (TPSA) is 66.5 Å². The van der Waals surface area contributed by atoms with Crippen molar-refractivity contribution in [3.8, 4) is 5.75 Å². The van der Waals surface area contributed by atoms with Gasteiger partial charge in [-0.15, -0.1) is 0 Å². The van der Waals surface area contributed by atoms with Crippen LogP contribution in [0.25, 0.3) is 0 Å². The Kier molecular flexibility index (Phi) is 2.97. The fraction of sp³-hybridized carbons (Fsp3) is 0.250. The number of phenolic OH excluding ortho intramolecular Hbond substituents is 1. The van der Waals surface area contributed by atoms with Crippen LogP contribution in [0.1, 0.15) is 11.6 Å². The lowest BCUT2D eigenvalue weighted by Gasteiger charge is -2.11. The Morgan fingerprint density at radius 3 is 2.36 bits per heavy atom. The molecule has 0 heterocycles. The van der Waals surface area contributed by atoms with Gasteiger partial charge in [-0.25, -0.2) is 8.78 Å². The lowest BCUT2D eigenvalue weighted by atomic mass is 10.1. The third kappa shape index (κ3) is 1.66. The molecule has 78 valence electrons. The van der Waals surface area contributed by atoms with Crippen molar-refractivity contribution in [1.82, 2.24) is 0 Å². The average Bonchev–Trinajstić information content (AvgIpc) is 2.19. The third-order valence-corrected chi connectivity index (χ3v) is 1.76. The van der Waals surface area contributed by atoms with Crippen molar-refractivity contribution in [1.29, 1.82) is 0 Å². The Balaban J connectivity index is 3.33. The summed E-state index contributed by atoms with van der Waals surface area (Å²) in [5, 5.41) is 17.4. The molecular weight excluding hydrogens is 199 g/mol. The first-order valence-electron chi connectivity index (χ1n) is 3.71. The molecule has 0 unspecified atom stereocenters. The van der Waals surface area contributed by atoms with Crippen LogP contribution in [0, 0.1) is 17.5 Å². The van der Waals surface area contributed by atoms with Crippen molar-refractivity contribution in [2.75, 3.05) is 6.61 Å². The molecule has 6 heteroatoms. The van der Waals surface area contributed by atoms with Gasteiger partial charge < -0.3 is 15.9 Å². The smallest absolute Gasteiger partial charge is 0.203 e. The van der Waals surface area contributed by atoms with Crippen LogP contribution in [0.4, 0.5) is 13.2 Å². The van der Waals surface area contributed by atoms with Crippen molar-refractivity contribution in [3.05, 3.63) is 29.1 Å². The van der Waals surface area contributed by atoms with Crippen molar-refractivity contribution < 1.29 is 23.4 Å². The molecule has 0 aromatic heterocycles. The first kappa shape index (κ1) is 10.8. The maximum absolute atomic E-state index is 13.0. The normalized spacial score (nSPS) is 12.9. The van der Waals surface area contributed by atoms with Crippen LogP contribution in [0.3, 0.4) is 0 Å². The van der Waals surface area contributed by atoms with E-state index >= 15 is 0 Å². The van der Waals surface area contributed by atoms with Crippen molar-refractivity contribution in [2.24, 2.45) is 5.73 Å². The van der Waals surface area contributed by atoms with E-state index in [9.17, 15) is 13.2 Å². The number of benzene rings is 1. The van der Waals surface area contributed by atoms with Gasteiger partial charge in [-0.3, -0.25) is 0 Å². The van der Waals surface area contributed by atoms with Gasteiger partial charge in [0.05, 0.1) is 12.6 Å². The summed E-state index contributed by atoms with van der Waals surface area (Å²) in [5.74, 6) is -5.87. The number of aliphatic hydroxyl groups excluding tert-OH is 1. The van der Waals surface area contributed by atoms with Crippen LogP contribution in [0.5, 0.6) is 5.75 Å². The molecular formula is C8H8F3NO2. The van der Waals surface area contributed by atoms with Gasteiger partial charge in [-0.05, 0) is 6.07 Å². The fourth-order valence-corrected chi connectivity index (χ4v) is 0.978. The van der Waals surface area contributed by atoms with Gasteiger partial charge in [-0.2, -0.15) is 4.39 Å². The number of phenols is 1. The molecule has 1 aromatic carbocycles. The molecule has 0 fully saturated rings. The van der Waals surface area contributed by atoms with E-state index in [1.807, 2.05) is 0 Å². The maximum Gasteiger partial charge on any atom is 0.203 e. The highest BCUT2D eigenvalue weighted by molar-refractivity contribution is 5.34. The summed E-state index contributed by atoms with van der Waals surface area (Å²) in [6.45, 7) is -0.637. The zero-order valence-corrected chi connectivity index (χ0v) is 6.97. The van der Waals surface area contributed by atoms with Gasteiger partial charge in [0, 0.05) is 5.56 Å². The van der Waals surface area contributed by atoms with E-state index in [1.165, 1.54) is 0 Å². The zero-order valence-electron chi connectivity index (χ0n) is 6.97. The van der Waals surface area contributed by atoms with E-state index < -0.39 is 41.4 Å². The molecule has 0 aliphatic heterocycles. The summed E-state index contributed by atoms with van der Waals surface area (Å²) in [7, 11) is 0. The summed E-state index contributed by atoms with van der Waals surface area (Å²) in [5.41, 5.74) is 4.72. The zero-order chi connectivity index (χ0) is 10.9. The minimum atomic E-state index is -1.67. The lowest BCUT2D eigenvalue weighted by Crippen LogP contribution is -2.17. The number of nitrogens with two attached hydrogens (primary N) is 1. The molecule has 0 amide bonds. The molecule has 0 spiro atoms. The molecule has 4 N–H and O–H groups in total. The van der Waals surface area contributed by atoms with Crippen LogP contribution >= 0.6 is 0 Å². The number of hydrogen-bond acceptors (Lipinski definition) is 3. The highest BCUT2D eigenvalue weighted by Gasteiger charge is 2.21. The molecule has 0 aliphatic rings. The summed E-state index contributed by atoms with van der Waals surface area (Å²) < 4.78 is 38.3. The van der Waals surface area contributed by atoms with Gasteiger partial charge in [0.25, 0.3) is 0 Å². The molecule has 0 radical (unpaired) electrons. The second-order valence-corrected chi connectivity index (χ2v) is 2.71. The molecule has 1 aromatic rings. The number of aliphatic hydroxyl groups is 1. The second-order valence-electron chi connectivity index (χ2n) is 2.71. The summed E-state index contributed by atoms with van der Waals surface area (Å²) >= 11 is 0. The average molecular weight is 207 g/mol. The SMILES string of the molecule is N[C@H](CO)c1cc(F)c(F)c(O)c1F. The molecule has 1 rings (SSSR count). The quantitative estimate of drug-likeness (QED) is 0.628. The van der Waals surface area contributed by atoms with Gasteiger partial charge in [0.1, 0.15) is 0 Å². The van der Waals surface area contributed by atoms with E-state index in [-0.39, 0.29) is 0 Å². The first-order chi connectivity index (χ1) is 6.49. The van der Waals surface area contributed by atoms with E-state index in [0.717, 1.165) is 0 Å². The number of aromatic hydroxyl groups is 1. The molecule has 0 saturated carbocycles. The minimum absolute atomic E-state index is 0.469. The third-order valence-electron chi connectivity index (χ3n) is 1.76. The van der Waals surface area contributed by atoms with Crippen LogP contribution in [0.15, 0.2) is 6.07 Å². The van der Waals surface area contributed by atoms with E-state index in [1.54, 1.807) is 0 Å². The second kappa shape index (κ2) is 3.85. The fourth-order valence-electron chi connectivity index (χ4n) is 0.978. The Labute approximate surface area is 77.6 Å². The monoisotopic (exact) mass is 207 g/mol. The van der Waals surface area contributed by atoms with Crippen molar-refractivity contribution >= 4 is 0 Å². The van der Waals surface area contributed by atoms with Crippen LogP contribution in [0.2, 0.25) is 0 Å². The molecule has 0 aliphatic carbocycles. The largest absolute Gasteiger partial charge is 0.503 e. The highest BCUT2D eigenvalue weighted by Crippen LogP contribution is 2.28. The number of hydrogen-bond donors (Lipinski definition) is 3. The molecule has 0 saturated heterocycles. The Morgan fingerprint density at radius 2 is 1.86 bits per heavy atom. The molecule has 14 heavy (non-hydrogen) atoms. The standard InChI is InChI=1S/C8H8F3NO2/c9-4-1-3(5(12)2-13)6(10)8(14)7(4)11/h1,5,13-14H,2,12H2/t5-/m1/s1. The molecule has 0 bridgehead atoms. The van der Waals surface area contributed by atoms with E-state index in [0.29, 0.717) is 6.07 Å². The lowest BCUT2D eigenvalue weighted by molar-refractivity contribution is 0.263. The van der Waals surface area contributed by atoms with Crippen LogP contribution < -0.4 is 5.73 Å². The number of rotatable bonds is 2. The highest BCUT2D eigenvalue weighted by atomic mass is 19.2. The molecule has 3 nitrogen and oxygen atoms in total. The Morgan fingerprint density at radius 1 is 1.29 bits per heavy atom. The Bertz CT molecular complexity index is 357. The van der Waals surface area contributed by atoms with Gasteiger partial charge in [-0.1, -0.05) is 0 Å². The summed E-state index contributed by atoms with van der Waals surface area (Å²) in [6.07, 6.45) is 0. The predicted molar refractivity (Wildman–Crippen MR) is 42.0 cm³/mol. The van der Waals surface area contributed by atoms with Gasteiger partial charge >= 0.3 is 0 Å². The van der Waals surface area contributed by atoms with Crippen molar-refractivity contribution in [2.45, 2.75) is 6.04 Å². The molecule has 1 atom stereocenters. The number of halogens is 3. The maximum atomic E-state index is 13.0. The summed E-state index contributed by atoms with van der Waals surface area (Å²) in [6, 6.07) is -0.693. The first-order valence-corrected chi connectivity index (χ1v) is 3.71. The van der Waals surface area contributed by atoms with Gasteiger partial charge in [0.15, 0.2) is 17.4 Å². The van der Waals surface area contributed by atoms with Crippen LogP contribution in [-0.4, -0.2) is 16.8 Å². The summed E-state index contributed by atoms with van der Waals surface area (Å²) in [4.78, 5) is 0. The minimum Gasteiger partial charge on any atom is -0.503 e. The predicted octanol–water partition coefficient (Wildman–Crippen LogP) is 0.802. The van der Waals surface area contributed by atoms with E-state index in [4.69, 9.17) is 15.9 Å². The van der Waals surface area contributed by atoms with E-state index in [2.05, 4.69) is 0 Å².